The van der Waals surface area contributed by atoms with Crippen molar-refractivity contribution in [1.29, 1.82) is 0 Å². The van der Waals surface area contributed by atoms with Crippen LogP contribution in [0.4, 0.5) is 33.5 Å². The van der Waals surface area contributed by atoms with Crippen LogP contribution in [0.2, 0.25) is 0 Å². The Kier molecular flexibility index (Phi) is 8.06. The Morgan fingerprint density at radius 1 is 1.14 bits per heavy atom. The van der Waals surface area contributed by atoms with E-state index in [9.17, 15) is 31.5 Å². The molecule has 1 atom stereocenters. The van der Waals surface area contributed by atoms with Gasteiger partial charge in [-0.15, -0.1) is 0 Å². The quantitative estimate of drug-likeness (QED) is 0.268. The summed E-state index contributed by atoms with van der Waals surface area (Å²) in [7, 11) is 0. The molecule has 1 saturated heterocycles. The van der Waals surface area contributed by atoms with Crippen LogP contribution in [0.3, 0.4) is 0 Å². The molecule has 0 aliphatic carbocycles. The maximum absolute atomic E-state index is 13.7. The molecule has 42 heavy (non-hydrogen) atoms. The fraction of sp³-hybridized carbons (Fsp3) is 0.346. The summed E-state index contributed by atoms with van der Waals surface area (Å²) < 4.78 is 68.5. The van der Waals surface area contributed by atoms with Gasteiger partial charge in [0.1, 0.15) is 6.54 Å². The number of halogens is 5. The monoisotopic (exact) mass is 591 g/mol. The van der Waals surface area contributed by atoms with Crippen LogP contribution in [0.15, 0.2) is 49.1 Å². The van der Waals surface area contributed by atoms with Crippen LogP contribution in [0, 0.1) is 0 Å². The number of anilines is 2. The second-order valence-corrected chi connectivity index (χ2v) is 9.74. The number of alkyl halides is 5. The second-order valence-electron chi connectivity index (χ2n) is 9.74. The Morgan fingerprint density at radius 3 is 2.60 bits per heavy atom. The Bertz CT molecular complexity index is 1580. The van der Waals surface area contributed by atoms with Crippen LogP contribution in [0.5, 0.6) is 0 Å². The molecular formula is C26H26F5N9O2. The Hall–Kier alpha value is -4.60. The minimum Gasteiger partial charge on any atom is -0.343 e. The molecule has 0 spiro atoms. The maximum atomic E-state index is 13.7. The van der Waals surface area contributed by atoms with Crippen molar-refractivity contribution in [2.75, 3.05) is 25.0 Å². The largest absolute Gasteiger partial charge is 0.435 e. The molecule has 0 saturated carbocycles. The number of piperidine rings is 1. The number of likely N-dealkylation sites (tertiary alicyclic amines) is 1. The van der Waals surface area contributed by atoms with Gasteiger partial charge in [0.15, 0.2) is 17.2 Å². The first kappa shape index (κ1) is 28.9. The number of nitrogens with two attached hydrogens (primary N) is 1. The fourth-order valence-electron chi connectivity index (χ4n) is 4.71. The third-order valence-electron chi connectivity index (χ3n) is 6.68. The number of fused-ring (bicyclic) bond motifs is 1. The number of benzene rings is 1. The van der Waals surface area contributed by atoms with Crippen LogP contribution in [0.25, 0.3) is 16.9 Å². The van der Waals surface area contributed by atoms with E-state index < -0.39 is 36.3 Å². The lowest BCUT2D eigenvalue weighted by molar-refractivity contribution is -0.141. The Labute approximate surface area is 235 Å². The van der Waals surface area contributed by atoms with E-state index in [4.69, 9.17) is 5.73 Å². The second kappa shape index (κ2) is 11.7. The number of nitrogens with one attached hydrogen (secondary N) is 2. The van der Waals surface area contributed by atoms with Crippen molar-refractivity contribution in [3.63, 3.8) is 0 Å². The summed E-state index contributed by atoms with van der Waals surface area (Å²) in [6, 6.07) is 6.17. The number of amides is 2. The first-order chi connectivity index (χ1) is 20.0. The molecule has 5 rings (SSSR count). The van der Waals surface area contributed by atoms with Crippen LogP contribution >= 0.6 is 0 Å². The lowest BCUT2D eigenvalue weighted by Gasteiger charge is -2.30. The van der Waals surface area contributed by atoms with Gasteiger partial charge in [-0.05, 0) is 37.1 Å². The topological polar surface area (TPSA) is 135 Å². The van der Waals surface area contributed by atoms with Crippen LogP contribution in [-0.2, 0) is 17.5 Å². The van der Waals surface area contributed by atoms with Gasteiger partial charge in [0.25, 0.3) is 12.3 Å². The fourth-order valence-corrected chi connectivity index (χ4v) is 4.71. The molecular weight excluding hydrogens is 565 g/mol. The van der Waals surface area contributed by atoms with Crippen molar-refractivity contribution in [2.24, 2.45) is 5.73 Å². The first-order valence-electron chi connectivity index (χ1n) is 12.9. The van der Waals surface area contributed by atoms with Gasteiger partial charge in [0.05, 0.1) is 24.0 Å². The summed E-state index contributed by atoms with van der Waals surface area (Å²) in [4.78, 5) is 35.0. The van der Waals surface area contributed by atoms with E-state index in [1.165, 1.54) is 35.1 Å². The molecule has 1 unspecified atom stereocenters. The molecule has 1 aliphatic rings. The van der Waals surface area contributed by atoms with Crippen molar-refractivity contribution in [3.05, 3.63) is 60.3 Å². The summed E-state index contributed by atoms with van der Waals surface area (Å²) in [6.45, 7) is -0.0877. The van der Waals surface area contributed by atoms with E-state index in [0.29, 0.717) is 29.0 Å². The van der Waals surface area contributed by atoms with Gasteiger partial charge in [-0.3, -0.25) is 18.7 Å². The van der Waals surface area contributed by atoms with E-state index in [1.54, 1.807) is 17.0 Å². The van der Waals surface area contributed by atoms with Gasteiger partial charge in [0.2, 0.25) is 5.91 Å². The average Bonchev–Trinajstić information content (AvgIpc) is 3.56. The number of rotatable bonds is 8. The predicted octanol–water partition coefficient (Wildman–Crippen LogP) is 3.30. The van der Waals surface area contributed by atoms with Gasteiger partial charge in [0, 0.05) is 49.0 Å². The van der Waals surface area contributed by atoms with Gasteiger partial charge in [-0.2, -0.15) is 18.3 Å². The summed E-state index contributed by atoms with van der Waals surface area (Å²) in [5, 5.41) is 8.94. The van der Waals surface area contributed by atoms with E-state index in [0.717, 1.165) is 19.0 Å². The summed E-state index contributed by atoms with van der Waals surface area (Å²) in [6.07, 6.45) is -1.29. The zero-order chi connectivity index (χ0) is 30.0. The normalized spacial score (nSPS) is 15.8. The van der Waals surface area contributed by atoms with Gasteiger partial charge < -0.3 is 21.3 Å². The molecule has 16 heteroatoms. The first-order valence-corrected chi connectivity index (χ1v) is 12.9. The van der Waals surface area contributed by atoms with Crippen molar-refractivity contribution in [3.8, 4) is 11.3 Å². The molecule has 4 aromatic rings. The molecule has 4 N–H and O–H groups in total. The van der Waals surface area contributed by atoms with E-state index in [-0.39, 0.29) is 35.7 Å². The van der Waals surface area contributed by atoms with E-state index in [2.05, 4.69) is 25.7 Å². The molecule has 0 bridgehead atoms. The third-order valence-corrected chi connectivity index (χ3v) is 6.68. The van der Waals surface area contributed by atoms with Gasteiger partial charge in [-0.25, -0.2) is 18.7 Å². The molecule has 3 aromatic heterocycles. The number of aromatic nitrogens is 5. The number of carbonyl (C=O) groups excluding carboxylic acids is 2. The van der Waals surface area contributed by atoms with Gasteiger partial charge >= 0.3 is 6.18 Å². The van der Waals surface area contributed by atoms with Crippen molar-refractivity contribution >= 4 is 29.0 Å². The van der Waals surface area contributed by atoms with E-state index >= 15 is 0 Å². The highest BCUT2D eigenvalue weighted by atomic mass is 19.4. The number of nitrogens with zero attached hydrogens (tertiary/aromatic N) is 6. The molecule has 2 amide bonds. The summed E-state index contributed by atoms with van der Waals surface area (Å²) in [5.41, 5.74) is 5.13. The van der Waals surface area contributed by atoms with E-state index in [1.807, 2.05) is 0 Å². The minimum absolute atomic E-state index is 0.0172. The van der Waals surface area contributed by atoms with Crippen molar-refractivity contribution < 1.29 is 31.5 Å². The smallest absolute Gasteiger partial charge is 0.343 e. The number of hydrogen-bond acceptors (Lipinski definition) is 7. The highest BCUT2D eigenvalue weighted by Crippen LogP contribution is 2.37. The third kappa shape index (κ3) is 6.32. The Morgan fingerprint density at radius 2 is 1.90 bits per heavy atom. The van der Waals surface area contributed by atoms with Crippen LogP contribution < -0.4 is 16.4 Å². The molecule has 222 valence electrons. The van der Waals surface area contributed by atoms with Gasteiger partial charge in [-0.1, -0.05) is 0 Å². The van der Waals surface area contributed by atoms with Crippen LogP contribution in [0.1, 0.15) is 28.9 Å². The summed E-state index contributed by atoms with van der Waals surface area (Å²) in [5.74, 6) is -0.458. The summed E-state index contributed by atoms with van der Waals surface area (Å²) >= 11 is 0. The zero-order valence-electron chi connectivity index (χ0n) is 22.0. The predicted molar refractivity (Wildman–Crippen MR) is 141 cm³/mol. The van der Waals surface area contributed by atoms with Crippen molar-refractivity contribution in [2.45, 2.75) is 38.0 Å². The lowest BCUT2D eigenvalue weighted by Crippen LogP contribution is -2.48. The molecule has 0 radical (unpaired) electrons. The molecule has 4 heterocycles. The lowest BCUT2D eigenvalue weighted by atomic mass is 10.1. The number of imidazole rings is 1. The Balaban J connectivity index is 1.30. The standard InChI is InChI=1S/C26H26F5N9O2/c27-20(28)14-39-13-18(22(37-39)26(29,30)31)19-10-34-24-23(33-7-9-40(19)24)36-17-5-3-15(4-6-17)25(42)35-11-21(41)38-8-1-2-16(32)12-38/h3-7,9-10,13,16,20H,1-2,8,11-12,14,32H2,(H,33,36)(H,35,42). The number of hydrogen-bond donors (Lipinski definition) is 3. The molecule has 1 aliphatic heterocycles. The average molecular weight is 592 g/mol. The van der Waals surface area contributed by atoms with Crippen LogP contribution in [-0.4, -0.2) is 73.0 Å². The van der Waals surface area contributed by atoms with Crippen molar-refractivity contribution in [1.82, 2.24) is 34.4 Å². The highest BCUT2D eigenvalue weighted by molar-refractivity contribution is 5.96. The highest BCUT2D eigenvalue weighted by Gasteiger charge is 2.38. The molecule has 11 nitrogen and oxygen atoms in total. The molecule has 1 aromatic carbocycles. The zero-order valence-corrected chi connectivity index (χ0v) is 22.0. The number of carbonyl (C=O) groups is 2. The maximum Gasteiger partial charge on any atom is 0.435 e. The molecule has 1 fully saturated rings. The SMILES string of the molecule is NC1CCCN(C(=O)CNC(=O)c2ccc(Nc3nccn4c(-c5cn(CC(F)F)nc5C(F)(F)F)cnc34)cc2)C1. The minimum atomic E-state index is -4.89.